The van der Waals surface area contributed by atoms with Gasteiger partial charge in [-0.2, -0.15) is 5.10 Å². The smallest absolute Gasteiger partial charge is 0.132 e. The van der Waals surface area contributed by atoms with Crippen molar-refractivity contribution in [2.75, 3.05) is 44.2 Å². The molecule has 0 atom stereocenters. The lowest BCUT2D eigenvalue weighted by atomic mass is 10.0. The van der Waals surface area contributed by atoms with E-state index in [9.17, 15) is 4.39 Å². The number of aromatic amines is 1. The van der Waals surface area contributed by atoms with Crippen LogP contribution in [0.4, 0.5) is 10.1 Å². The van der Waals surface area contributed by atoms with Gasteiger partial charge in [0.15, 0.2) is 0 Å². The highest BCUT2D eigenvalue weighted by atomic mass is 35.5. The average Bonchev–Trinajstić information content (AvgIpc) is 3.30. The van der Waals surface area contributed by atoms with E-state index in [1.54, 1.807) is 12.3 Å². The second-order valence-corrected chi connectivity index (χ2v) is 8.25. The van der Waals surface area contributed by atoms with Gasteiger partial charge in [0.2, 0.25) is 0 Å². The first-order chi connectivity index (χ1) is 15.6. The molecule has 164 valence electrons. The number of benzene rings is 1. The predicted octanol–water partition coefficient (Wildman–Crippen LogP) is 3.56. The molecule has 7 nitrogen and oxygen atoms in total. The van der Waals surface area contributed by atoms with Crippen LogP contribution in [0.25, 0.3) is 33.5 Å². The predicted molar refractivity (Wildman–Crippen MR) is 125 cm³/mol. The minimum absolute atomic E-state index is 0.331. The van der Waals surface area contributed by atoms with Gasteiger partial charge in [-0.25, -0.2) is 9.37 Å². The van der Waals surface area contributed by atoms with E-state index in [1.807, 2.05) is 18.3 Å². The Morgan fingerprint density at radius 1 is 1.03 bits per heavy atom. The number of nitrogens with one attached hydrogen (secondary N) is 1. The van der Waals surface area contributed by atoms with E-state index in [1.165, 1.54) is 12.1 Å². The number of halogens is 2. The fraction of sp³-hybridized carbons (Fsp3) is 0.261. The topological polar surface area (TPSA) is 87.0 Å². The highest BCUT2D eigenvalue weighted by molar-refractivity contribution is 6.30. The summed E-state index contributed by atoms with van der Waals surface area (Å²) in [5.41, 5.74) is 10.5. The fourth-order valence-electron chi connectivity index (χ4n) is 4.10. The fourth-order valence-corrected chi connectivity index (χ4v) is 4.27. The first-order valence-electron chi connectivity index (χ1n) is 10.6. The molecular formula is C23H23ClFN7. The monoisotopic (exact) mass is 451 g/mol. The highest BCUT2D eigenvalue weighted by Crippen LogP contribution is 2.33. The Labute approximate surface area is 190 Å². The Morgan fingerprint density at radius 3 is 2.69 bits per heavy atom. The molecule has 3 aromatic heterocycles. The maximum Gasteiger partial charge on any atom is 0.132 e. The standard InChI is InChI=1S/C23H23ClFN7/c24-15-1-2-19(25)17(11-15)23-18(14-28-30-23)20-3-4-21-22(29-20)12-16(13-27-21)32-9-7-31(6-5-26)8-10-32/h1-4,11-14H,5-10,26H2,(H,28,30). The van der Waals surface area contributed by atoms with Crippen LogP contribution >= 0.6 is 11.6 Å². The van der Waals surface area contributed by atoms with Gasteiger partial charge in [0.05, 0.1) is 28.6 Å². The summed E-state index contributed by atoms with van der Waals surface area (Å²) < 4.78 is 14.5. The van der Waals surface area contributed by atoms with Gasteiger partial charge in [-0.1, -0.05) is 11.6 Å². The third kappa shape index (κ3) is 4.04. The van der Waals surface area contributed by atoms with Gasteiger partial charge < -0.3 is 10.6 Å². The molecule has 5 rings (SSSR count). The normalized spacial score (nSPS) is 14.9. The molecule has 1 fully saturated rings. The van der Waals surface area contributed by atoms with E-state index in [2.05, 4.69) is 31.0 Å². The molecule has 3 N–H and O–H groups in total. The highest BCUT2D eigenvalue weighted by Gasteiger charge is 2.19. The molecular weight excluding hydrogens is 429 g/mol. The number of aromatic nitrogens is 4. The first-order valence-corrected chi connectivity index (χ1v) is 10.9. The maximum absolute atomic E-state index is 14.5. The second kappa shape index (κ2) is 8.82. The quantitative estimate of drug-likeness (QED) is 0.482. The average molecular weight is 452 g/mol. The summed E-state index contributed by atoms with van der Waals surface area (Å²) in [6, 6.07) is 10.3. The van der Waals surface area contributed by atoms with Crippen molar-refractivity contribution >= 4 is 28.3 Å². The van der Waals surface area contributed by atoms with Crippen molar-refractivity contribution in [3.63, 3.8) is 0 Å². The Balaban J connectivity index is 1.47. The van der Waals surface area contributed by atoms with Gasteiger partial charge in [0.1, 0.15) is 11.5 Å². The Kier molecular flexibility index (Phi) is 5.73. The molecule has 1 aromatic carbocycles. The summed E-state index contributed by atoms with van der Waals surface area (Å²) in [7, 11) is 0. The summed E-state index contributed by atoms with van der Waals surface area (Å²) >= 11 is 6.09. The van der Waals surface area contributed by atoms with Gasteiger partial charge in [0, 0.05) is 61.6 Å². The number of pyridine rings is 2. The summed E-state index contributed by atoms with van der Waals surface area (Å²) in [6.45, 7) is 5.41. The van der Waals surface area contributed by atoms with E-state index in [0.717, 1.165) is 49.4 Å². The zero-order valence-corrected chi connectivity index (χ0v) is 18.2. The van der Waals surface area contributed by atoms with Crippen LogP contribution in [0.3, 0.4) is 0 Å². The van der Waals surface area contributed by atoms with Crippen molar-refractivity contribution in [2.24, 2.45) is 5.73 Å². The third-order valence-corrected chi connectivity index (χ3v) is 6.04. The van der Waals surface area contributed by atoms with Crippen LogP contribution in [-0.2, 0) is 0 Å². The molecule has 1 saturated heterocycles. The Morgan fingerprint density at radius 2 is 1.88 bits per heavy atom. The van der Waals surface area contributed by atoms with Crippen LogP contribution in [0.15, 0.2) is 48.8 Å². The van der Waals surface area contributed by atoms with Crippen molar-refractivity contribution in [1.29, 1.82) is 0 Å². The number of nitrogens with two attached hydrogens (primary N) is 1. The van der Waals surface area contributed by atoms with Crippen molar-refractivity contribution in [1.82, 2.24) is 25.1 Å². The molecule has 0 unspecified atom stereocenters. The lowest BCUT2D eigenvalue weighted by Crippen LogP contribution is -2.47. The van der Waals surface area contributed by atoms with Crippen LogP contribution < -0.4 is 10.6 Å². The van der Waals surface area contributed by atoms with Crippen molar-refractivity contribution < 1.29 is 4.39 Å². The van der Waals surface area contributed by atoms with E-state index >= 15 is 0 Å². The van der Waals surface area contributed by atoms with Crippen molar-refractivity contribution in [3.05, 3.63) is 59.6 Å². The van der Waals surface area contributed by atoms with Crippen LogP contribution in [0, 0.1) is 5.82 Å². The summed E-state index contributed by atoms with van der Waals surface area (Å²) in [6.07, 6.45) is 3.62. The van der Waals surface area contributed by atoms with Crippen molar-refractivity contribution in [3.8, 4) is 22.5 Å². The van der Waals surface area contributed by atoms with Crippen LogP contribution in [0.5, 0.6) is 0 Å². The number of rotatable bonds is 5. The molecule has 0 amide bonds. The number of anilines is 1. The zero-order valence-electron chi connectivity index (χ0n) is 17.4. The molecule has 4 heterocycles. The molecule has 1 aliphatic heterocycles. The Bertz CT molecular complexity index is 1250. The number of hydrogen-bond acceptors (Lipinski definition) is 6. The van der Waals surface area contributed by atoms with E-state index in [4.69, 9.17) is 22.3 Å². The van der Waals surface area contributed by atoms with Crippen molar-refractivity contribution in [2.45, 2.75) is 0 Å². The Hall–Kier alpha value is -3.07. The molecule has 0 aliphatic carbocycles. The number of hydrogen-bond donors (Lipinski definition) is 2. The summed E-state index contributed by atoms with van der Waals surface area (Å²) in [4.78, 5) is 14.1. The van der Waals surface area contributed by atoms with Crippen LogP contribution in [-0.4, -0.2) is 64.3 Å². The van der Waals surface area contributed by atoms with Crippen LogP contribution in [0.2, 0.25) is 5.02 Å². The van der Waals surface area contributed by atoms with Gasteiger partial charge in [-0.15, -0.1) is 0 Å². The van der Waals surface area contributed by atoms with Gasteiger partial charge >= 0.3 is 0 Å². The van der Waals surface area contributed by atoms with Gasteiger partial charge in [-0.05, 0) is 36.4 Å². The minimum atomic E-state index is -0.388. The third-order valence-electron chi connectivity index (χ3n) is 5.81. The first kappa shape index (κ1) is 20.8. The SMILES string of the molecule is NCCN1CCN(c2cnc3ccc(-c4c[nH]nc4-c4cc(Cl)ccc4F)nc3c2)CC1. The molecule has 0 spiro atoms. The largest absolute Gasteiger partial charge is 0.368 e. The molecule has 1 aliphatic rings. The second-order valence-electron chi connectivity index (χ2n) is 7.82. The van der Waals surface area contributed by atoms with Gasteiger partial charge in [0.25, 0.3) is 0 Å². The number of fused-ring (bicyclic) bond motifs is 1. The number of nitrogens with zero attached hydrogens (tertiary/aromatic N) is 5. The number of piperazine rings is 1. The minimum Gasteiger partial charge on any atom is -0.368 e. The molecule has 0 radical (unpaired) electrons. The molecule has 0 saturated carbocycles. The van der Waals surface area contributed by atoms with Gasteiger partial charge in [-0.3, -0.25) is 15.0 Å². The van der Waals surface area contributed by atoms with E-state index in [-0.39, 0.29) is 5.82 Å². The molecule has 4 aromatic rings. The van der Waals surface area contributed by atoms with E-state index in [0.29, 0.717) is 34.1 Å². The molecule has 32 heavy (non-hydrogen) atoms. The zero-order chi connectivity index (χ0) is 22.1. The maximum atomic E-state index is 14.5. The molecule has 9 heteroatoms. The lowest BCUT2D eigenvalue weighted by Gasteiger charge is -2.35. The van der Waals surface area contributed by atoms with E-state index < -0.39 is 0 Å². The number of H-pyrrole nitrogens is 1. The molecule has 0 bridgehead atoms. The summed E-state index contributed by atoms with van der Waals surface area (Å²) in [5, 5.41) is 7.53. The summed E-state index contributed by atoms with van der Waals surface area (Å²) in [5.74, 6) is -0.388. The lowest BCUT2D eigenvalue weighted by molar-refractivity contribution is 0.265. The van der Waals surface area contributed by atoms with Crippen LogP contribution in [0.1, 0.15) is 0 Å².